The Bertz CT molecular complexity index is 498. The maximum atomic E-state index is 6.14. The lowest BCUT2D eigenvalue weighted by atomic mass is 10.3. The molecule has 0 N–H and O–H groups in total. The lowest BCUT2D eigenvalue weighted by Gasteiger charge is -2.19. The van der Waals surface area contributed by atoms with Crippen molar-refractivity contribution in [2.45, 2.75) is 12.5 Å². The molecule has 0 saturated carbocycles. The van der Waals surface area contributed by atoms with Crippen molar-refractivity contribution < 1.29 is 0 Å². The summed E-state index contributed by atoms with van der Waals surface area (Å²) in [5.74, 6) is 0. The first-order valence-electron chi connectivity index (χ1n) is 5.55. The monoisotopic (exact) mass is 249 g/mol. The van der Waals surface area contributed by atoms with Crippen molar-refractivity contribution in [3.8, 4) is 0 Å². The minimum absolute atomic E-state index is 0.377. The Hall–Kier alpha value is -1.62. The number of anilines is 1. The van der Waals surface area contributed by atoms with Crippen LogP contribution < -0.4 is 4.90 Å². The summed E-state index contributed by atoms with van der Waals surface area (Å²) in [5.41, 5.74) is 1.05. The number of hydrogen-bond acceptors (Lipinski definition) is 4. The summed E-state index contributed by atoms with van der Waals surface area (Å²) in [6.07, 6.45) is 8.12. The molecule has 0 radical (unpaired) electrons. The highest BCUT2D eigenvalue weighted by molar-refractivity contribution is 6.33. The molecule has 1 unspecified atom stereocenters. The van der Waals surface area contributed by atoms with Crippen LogP contribution in [0.1, 0.15) is 12.5 Å². The molecule has 5 nitrogen and oxygen atoms in total. The molecule has 88 valence electrons. The van der Waals surface area contributed by atoms with Gasteiger partial charge in [0.1, 0.15) is 0 Å². The fourth-order valence-corrected chi connectivity index (χ4v) is 2.45. The number of nitrogens with zero attached hydrogens (tertiary/aromatic N) is 5. The van der Waals surface area contributed by atoms with Gasteiger partial charge < -0.3 is 4.90 Å². The molecule has 0 amide bonds. The Morgan fingerprint density at radius 2 is 2.29 bits per heavy atom. The van der Waals surface area contributed by atoms with Gasteiger partial charge in [-0.05, 0) is 12.5 Å². The van der Waals surface area contributed by atoms with Crippen molar-refractivity contribution in [3.63, 3.8) is 0 Å². The van der Waals surface area contributed by atoms with Gasteiger partial charge in [-0.3, -0.25) is 4.98 Å². The van der Waals surface area contributed by atoms with Crippen LogP contribution in [-0.4, -0.2) is 33.1 Å². The van der Waals surface area contributed by atoms with Gasteiger partial charge in [-0.15, -0.1) is 5.10 Å². The highest BCUT2D eigenvalue weighted by Gasteiger charge is 2.25. The normalized spacial score (nSPS) is 19.8. The molecule has 1 aliphatic heterocycles. The molecule has 0 aliphatic carbocycles. The van der Waals surface area contributed by atoms with E-state index in [1.807, 2.05) is 16.9 Å². The lowest BCUT2D eigenvalue weighted by Crippen LogP contribution is -2.21. The van der Waals surface area contributed by atoms with Gasteiger partial charge in [-0.2, -0.15) is 0 Å². The van der Waals surface area contributed by atoms with Crippen LogP contribution in [0.3, 0.4) is 0 Å². The van der Waals surface area contributed by atoms with E-state index in [4.69, 9.17) is 11.6 Å². The predicted molar refractivity (Wildman–Crippen MR) is 65.1 cm³/mol. The molecule has 2 aromatic heterocycles. The molecule has 2 aromatic rings. The van der Waals surface area contributed by atoms with E-state index in [1.54, 1.807) is 18.6 Å². The first-order chi connectivity index (χ1) is 8.34. The quantitative estimate of drug-likeness (QED) is 0.814. The number of pyridine rings is 1. The molecule has 17 heavy (non-hydrogen) atoms. The molecule has 6 heteroatoms. The summed E-state index contributed by atoms with van der Waals surface area (Å²) < 4.78 is 1.91. The summed E-state index contributed by atoms with van der Waals surface area (Å²) in [6, 6.07) is 2.33. The van der Waals surface area contributed by atoms with Gasteiger partial charge in [0.25, 0.3) is 0 Å². The highest BCUT2D eigenvalue weighted by Crippen LogP contribution is 2.30. The topological polar surface area (TPSA) is 46.8 Å². The zero-order valence-electron chi connectivity index (χ0n) is 9.20. The van der Waals surface area contributed by atoms with Crippen LogP contribution in [0, 0.1) is 0 Å². The van der Waals surface area contributed by atoms with E-state index in [1.165, 1.54) is 0 Å². The Labute approximate surface area is 104 Å². The second-order valence-corrected chi connectivity index (χ2v) is 4.51. The largest absolute Gasteiger partial charge is 0.368 e. The summed E-state index contributed by atoms with van der Waals surface area (Å²) in [6.45, 7) is 1.89. The third kappa shape index (κ3) is 1.98. The average molecular weight is 250 g/mol. The third-order valence-electron chi connectivity index (χ3n) is 3.07. The third-order valence-corrected chi connectivity index (χ3v) is 3.36. The van der Waals surface area contributed by atoms with Crippen molar-refractivity contribution in [2.24, 2.45) is 0 Å². The smallest absolute Gasteiger partial charge is 0.0822 e. The maximum absolute atomic E-state index is 6.14. The fraction of sp³-hybridized carbons (Fsp3) is 0.364. The van der Waals surface area contributed by atoms with Gasteiger partial charge in [0.2, 0.25) is 0 Å². The van der Waals surface area contributed by atoms with E-state index in [9.17, 15) is 0 Å². The Morgan fingerprint density at radius 1 is 1.35 bits per heavy atom. The van der Waals surface area contributed by atoms with Crippen LogP contribution in [0.4, 0.5) is 5.69 Å². The molecule has 0 aromatic carbocycles. The number of halogens is 1. The van der Waals surface area contributed by atoms with Crippen molar-refractivity contribution in [1.29, 1.82) is 0 Å². The molecule has 1 fully saturated rings. The van der Waals surface area contributed by atoms with E-state index in [0.717, 1.165) is 25.2 Å². The lowest BCUT2D eigenvalue weighted by molar-refractivity contribution is 0.479. The van der Waals surface area contributed by atoms with Crippen LogP contribution in [0.2, 0.25) is 5.02 Å². The van der Waals surface area contributed by atoms with Crippen molar-refractivity contribution in [1.82, 2.24) is 20.0 Å². The molecule has 0 bridgehead atoms. The van der Waals surface area contributed by atoms with Crippen LogP contribution in [0.25, 0.3) is 0 Å². The predicted octanol–water partition coefficient (Wildman–Crippen LogP) is 1.78. The Kier molecular flexibility index (Phi) is 2.68. The number of rotatable bonds is 2. The molecule has 1 saturated heterocycles. The van der Waals surface area contributed by atoms with E-state index < -0.39 is 0 Å². The van der Waals surface area contributed by atoms with Crippen molar-refractivity contribution in [3.05, 3.63) is 35.9 Å². The fourth-order valence-electron chi connectivity index (χ4n) is 2.21. The molecule has 3 heterocycles. The molecule has 1 atom stereocenters. The van der Waals surface area contributed by atoms with Crippen LogP contribution in [0.5, 0.6) is 0 Å². The zero-order chi connectivity index (χ0) is 11.7. The van der Waals surface area contributed by atoms with E-state index in [-0.39, 0.29) is 0 Å². The van der Waals surface area contributed by atoms with Gasteiger partial charge in [-0.25, -0.2) is 4.68 Å². The maximum Gasteiger partial charge on any atom is 0.0822 e. The summed E-state index contributed by atoms with van der Waals surface area (Å²) in [5, 5.41) is 8.58. The second-order valence-electron chi connectivity index (χ2n) is 4.10. The van der Waals surface area contributed by atoms with E-state index >= 15 is 0 Å². The molecule has 3 rings (SSSR count). The van der Waals surface area contributed by atoms with E-state index in [0.29, 0.717) is 11.1 Å². The summed E-state index contributed by atoms with van der Waals surface area (Å²) in [7, 11) is 0. The van der Waals surface area contributed by atoms with Crippen molar-refractivity contribution in [2.75, 3.05) is 18.0 Å². The number of aromatic nitrogens is 4. The molecule has 1 aliphatic rings. The SMILES string of the molecule is Clc1cnccc1N1CCC(n2ccnn2)C1. The van der Waals surface area contributed by atoms with Gasteiger partial charge in [-0.1, -0.05) is 16.8 Å². The Morgan fingerprint density at radius 3 is 3.06 bits per heavy atom. The van der Waals surface area contributed by atoms with Gasteiger partial charge >= 0.3 is 0 Å². The zero-order valence-corrected chi connectivity index (χ0v) is 9.96. The van der Waals surface area contributed by atoms with Gasteiger partial charge in [0.15, 0.2) is 0 Å². The van der Waals surface area contributed by atoms with Crippen molar-refractivity contribution >= 4 is 17.3 Å². The standard InChI is InChI=1S/C11H12ClN5/c12-10-7-13-3-1-11(10)16-5-2-9(8-16)17-6-4-14-15-17/h1,3-4,6-7,9H,2,5,8H2. The van der Waals surface area contributed by atoms with Crippen LogP contribution >= 0.6 is 11.6 Å². The highest BCUT2D eigenvalue weighted by atomic mass is 35.5. The van der Waals surface area contributed by atoms with Crippen LogP contribution in [-0.2, 0) is 0 Å². The Balaban J connectivity index is 1.79. The second kappa shape index (κ2) is 4.33. The first kappa shape index (κ1) is 10.5. The average Bonchev–Trinajstić information content (AvgIpc) is 3.00. The summed E-state index contributed by atoms with van der Waals surface area (Å²) in [4.78, 5) is 6.26. The summed E-state index contributed by atoms with van der Waals surface area (Å²) >= 11 is 6.14. The van der Waals surface area contributed by atoms with Gasteiger partial charge in [0.05, 0.1) is 22.9 Å². The molecule has 0 spiro atoms. The number of hydrogen-bond donors (Lipinski definition) is 0. The van der Waals surface area contributed by atoms with Gasteiger partial charge in [0, 0.05) is 31.7 Å². The molecular formula is C11H12ClN5. The minimum Gasteiger partial charge on any atom is -0.368 e. The van der Waals surface area contributed by atoms with Crippen LogP contribution in [0.15, 0.2) is 30.9 Å². The molecular weight excluding hydrogens is 238 g/mol. The van der Waals surface area contributed by atoms with E-state index in [2.05, 4.69) is 20.2 Å². The first-order valence-corrected chi connectivity index (χ1v) is 5.92. The minimum atomic E-state index is 0.377.